The number of benzene rings is 2. The Bertz CT molecular complexity index is 1060. The first-order valence-corrected chi connectivity index (χ1v) is 9.84. The summed E-state index contributed by atoms with van der Waals surface area (Å²) in [6.07, 6.45) is 0.664. The van der Waals surface area contributed by atoms with Crippen molar-refractivity contribution in [2.75, 3.05) is 12.0 Å². The quantitative estimate of drug-likeness (QED) is 0.637. The zero-order valence-electron chi connectivity index (χ0n) is 16.8. The molecule has 0 radical (unpaired) electrons. The van der Waals surface area contributed by atoms with Gasteiger partial charge in [-0.3, -0.25) is 4.90 Å². The third-order valence-corrected chi connectivity index (χ3v) is 5.73. The lowest BCUT2D eigenvalue weighted by Gasteiger charge is -2.28. The number of alkyl halides is 3. The molecule has 1 fully saturated rings. The van der Waals surface area contributed by atoms with Crippen molar-refractivity contribution in [3.63, 3.8) is 0 Å². The molecule has 0 unspecified atom stereocenters. The molecule has 2 amide bonds. The van der Waals surface area contributed by atoms with E-state index in [0.717, 1.165) is 30.5 Å². The highest BCUT2D eigenvalue weighted by Crippen LogP contribution is 2.39. The van der Waals surface area contributed by atoms with Crippen molar-refractivity contribution in [3.8, 4) is 11.8 Å². The molecule has 0 saturated carbocycles. The number of fused-ring (bicyclic) bond motifs is 1. The van der Waals surface area contributed by atoms with E-state index in [4.69, 9.17) is 10.00 Å². The number of urea groups is 1. The van der Waals surface area contributed by atoms with E-state index in [1.807, 2.05) is 36.4 Å². The van der Waals surface area contributed by atoms with Gasteiger partial charge in [0, 0.05) is 12.2 Å². The van der Waals surface area contributed by atoms with Gasteiger partial charge < -0.3 is 9.64 Å². The molecule has 0 N–H and O–H groups in total. The van der Waals surface area contributed by atoms with Crippen LogP contribution in [-0.4, -0.2) is 30.1 Å². The average molecular weight is 427 g/mol. The first-order valence-electron chi connectivity index (χ1n) is 9.84. The highest BCUT2D eigenvalue weighted by molar-refractivity contribution is 5.96. The van der Waals surface area contributed by atoms with Gasteiger partial charge >= 0.3 is 12.2 Å². The molecule has 2 aromatic rings. The fraction of sp³-hybridized carbons (Fsp3) is 0.304. The number of rotatable bonds is 4. The van der Waals surface area contributed by atoms with Gasteiger partial charge in [-0.15, -0.1) is 0 Å². The number of hydrogen-bond acceptors (Lipinski definition) is 3. The van der Waals surface area contributed by atoms with Crippen molar-refractivity contribution in [3.05, 3.63) is 71.3 Å². The molecule has 8 heteroatoms. The number of carbonyl (C=O) groups is 1. The Labute approximate surface area is 177 Å². The van der Waals surface area contributed by atoms with Crippen LogP contribution in [0.3, 0.4) is 0 Å². The topological polar surface area (TPSA) is 56.6 Å². The van der Waals surface area contributed by atoms with Gasteiger partial charge in [-0.25, -0.2) is 4.79 Å². The number of nitriles is 1. The maximum absolute atomic E-state index is 13.5. The van der Waals surface area contributed by atoms with Crippen LogP contribution in [0, 0.1) is 11.3 Å². The van der Waals surface area contributed by atoms with Gasteiger partial charge in [0.2, 0.25) is 0 Å². The summed E-state index contributed by atoms with van der Waals surface area (Å²) in [5, 5.41) is 9.06. The Balaban J connectivity index is 1.70. The van der Waals surface area contributed by atoms with E-state index in [-0.39, 0.29) is 23.8 Å². The summed E-state index contributed by atoms with van der Waals surface area (Å²) in [6.45, 7) is 0.344. The maximum atomic E-state index is 13.5. The zero-order valence-corrected chi connectivity index (χ0v) is 16.8. The number of hydrogen-bond donors (Lipinski definition) is 0. The van der Waals surface area contributed by atoms with Crippen molar-refractivity contribution < 1.29 is 22.7 Å². The number of carbonyl (C=O) groups excluding carboxylic acids is 1. The lowest BCUT2D eigenvalue weighted by molar-refractivity contribution is -0.137. The molecule has 0 spiro atoms. The molecule has 31 heavy (non-hydrogen) atoms. The van der Waals surface area contributed by atoms with Crippen LogP contribution in [0.15, 0.2) is 54.6 Å². The molecule has 1 aliphatic heterocycles. The second-order valence-electron chi connectivity index (χ2n) is 7.53. The normalized spacial score (nSPS) is 20.5. The predicted octanol–water partition coefficient (Wildman–Crippen LogP) is 5.12. The van der Waals surface area contributed by atoms with Crippen molar-refractivity contribution in [1.29, 1.82) is 5.26 Å². The van der Waals surface area contributed by atoms with Crippen LogP contribution in [0.4, 0.5) is 23.7 Å². The molecule has 5 nitrogen and oxygen atoms in total. The summed E-state index contributed by atoms with van der Waals surface area (Å²) in [7, 11) is 1.57. The summed E-state index contributed by atoms with van der Waals surface area (Å²) in [6, 6.07) is 11.5. The fourth-order valence-corrected chi connectivity index (χ4v) is 4.22. The van der Waals surface area contributed by atoms with E-state index < -0.39 is 17.3 Å². The van der Waals surface area contributed by atoms with Crippen molar-refractivity contribution in [2.45, 2.75) is 37.6 Å². The standard InChI is InChI=1S/C23H20F3N3O2/c1-31-18-10-6-15(7-11-18)14-28-20-4-2-3-5-21(20)29(22(28)30)17-9-8-16(13-27)19(12-17)23(24,25)26/h3,5-12,20-21H,2,4,14H2,1H3/t20-,21-/m1/s1. The predicted molar refractivity (Wildman–Crippen MR) is 109 cm³/mol. The molecule has 0 aromatic heterocycles. The number of ether oxygens (including phenoxy) is 1. The summed E-state index contributed by atoms with van der Waals surface area (Å²) < 4.78 is 45.6. The van der Waals surface area contributed by atoms with E-state index in [2.05, 4.69) is 0 Å². The molecular weight excluding hydrogens is 407 g/mol. The molecule has 2 aliphatic rings. The van der Waals surface area contributed by atoms with Gasteiger partial charge in [0.1, 0.15) is 5.75 Å². The molecule has 1 aliphatic carbocycles. The Morgan fingerprint density at radius 3 is 2.58 bits per heavy atom. The number of anilines is 1. The van der Waals surface area contributed by atoms with E-state index in [0.29, 0.717) is 12.3 Å². The number of nitrogens with zero attached hydrogens (tertiary/aromatic N) is 3. The number of amides is 2. The van der Waals surface area contributed by atoms with Gasteiger partial charge in [0.25, 0.3) is 0 Å². The van der Waals surface area contributed by atoms with Crippen LogP contribution in [0.5, 0.6) is 5.75 Å². The minimum absolute atomic E-state index is 0.134. The minimum Gasteiger partial charge on any atom is -0.497 e. The number of methoxy groups -OCH3 is 1. The van der Waals surface area contributed by atoms with Gasteiger partial charge in [0.05, 0.1) is 36.4 Å². The first kappa shape index (κ1) is 20.8. The third kappa shape index (κ3) is 3.83. The summed E-state index contributed by atoms with van der Waals surface area (Å²) in [5.41, 5.74) is -0.464. The highest BCUT2D eigenvalue weighted by atomic mass is 19.4. The van der Waals surface area contributed by atoms with Crippen LogP contribution >= 0.6 is 0 Å². The van der Waals surface area contributed by atoms with Crippen molar-refractivity contribution in [1.82, 2.24) is 4.90 Å². The first-order chi connectivity index (χ1) is 14.8. The Morgan fingerprint density at radius 1 is 1.19 bits per heavy atom. The van der Waals surface area contributed by atoms with Gasteiger partial charge in [-0.1, -0.05) is 24.3 Å². The highest BCUT2D eigenvalue weighted by Gasteiger charge is 2.46. The average Bonchev–Trinajstić information content (AvgIpc) is 3.04. The molecule has 2 atom stereocenters. The van der Waals surface area contributed by atoms with Crippen LogP contribution in [0.2, 0.25) is 0 Å². The van der Waals surface area contributed by atoms with E-state index in [9.17, 15) is 18.0 Å². The van der Waals surface area contributed by atoms with E-state index in [1.54, 1.807) is 18.1 Å². The van der Waals surface area contributed by atoms with E-state index >= 15 is 0 Å². The Hall–Kier alpha value is -3.47. The molecule has 2 aromatic carbocycles. The molecule has 1 saturated heterocycles. The minimum atomic E-state index is -4.69. The molecule has 160 valence electrons. The van der Waals surface area contributed by atoms with Crippen LogP contribution < -0.4 is 9.64 Å². The molecule has 1 heterocycles. The number of allylic oxidation sites excluding steroid dienone is 1. The second-order valence-corrected chi connectivity index (χ2v) is 7.53. The third-order valence-electron chi connectivity index (χ3n) is 5.73. The Kier molecular flexibility index (Phi) is 5.36. The molecular formula is C23H20F3N3O2. The summed E-state index contributed by atoms with van der Waals surface area (Å²) >= 11 is 0. The van der Waals surface area contributed by atoms with Gasteiger partial charge in [-0.2, -0.15) is 18.4 Å². The van der Waals surface area contributed by atoms with Gasteiger partial charge in [-0.05, 0) is 48.7 Å². The Morgan fingerprint density at radius 2 is 1.94 bits per heavy atom. The lowest BCUT2D eigenvalue weighted by Crippen LogP contribution is -2.37. The van der Waals surface area contributed by atoms with Crippen LogP contribution in [0.1, 0.15) is 29.5 Å². The van der Waals surface area contributed by atoms with Crippen LogP contribution in [-0.2, 0) is 12.7 Å². The van der Waals surface area contributed by atoms with E-state index in [1.165, 1.54) is 11.0 Å². The van der Waals surface area contributed by atoms with Crippen molar-refractivity contribution >= 4 is 11.7 Å². The largest absolute Gasteiger partial charge is 0.497 e. The van der Waals surface area contributed by atoms with Gasteiger partial charge in [0.15, 0.2) is 0 Å². The summed E-state index contributed by atoms with van der Waals surface area (Å²) in [4.78, 5) is 16.5. The molecule has 0 bridgehead atoms. The molecule has 4 rings (SSSR count). The maximum Gasteiger partial charge on any atom is 0.417 e. The fourth-order valence-electron chi connectivity index (χ4n) is 4.22. The monoisotopic (exact) mass is 427 g/mol. The smallest absolute Gasteiger partial charge is 0.417 e. The SMILES string of the molecule is COc1ccc(CN2C(=O)N(c3ccc(C#N)c(C(F)(F)F)c3)[C@@H]3C=CCC[C@H]32)cc1. The number of halogens is 3. The van der Waals surface area contributed by atoms with Crippen LogP contribution in [0.25, 0.3) is 0 Å². The zero-order chi connectivity index (χ0) is 22.2. The lowest BCUT2D eigenvalue weighted by atomic mass is 9.95. The second kappa shape index (κ2) is 7.99. The summed E-state index contributed by atoms with van der Waals surface area (Å²) in [5.74, 6) is 0.703. The van der Waals surface area contributed by atoms with Crippen molar-refractivity contribution in [2.24, 2.45) is 0 Å².